The summed E-state index contributed by atoms with van der Waals surface area (Å²) in [6.07, 6.45) is 6.83. The quantitative estimate of drug-likeness (QED) is 0.532. The van der Waals surface area contributed by atoms with Crippen molar-refractivity contribution in [1.82, 2.24) is 0 Å². The number of allylic oxidation sites excluding steroid dienone is 4. The molecule has 0 spiro atoms. The second-order valence-electron chi connectivity index (χ2n) is 3.30. The zero-order chi connectivity index (χ0) is 13.4. The molecule has 0 saturated carbocycles. The van der Waals surface area contributed by atoms with Crippen molar-refractivity contribution < 1.29 is 19.1 Å². The number of rotatable bonds is 4. The fraction of sp³-hybridized carbons (Fsp3) is 0.333. The number of carbonyl (C=O) groups is 2. The van der Waals surface area contributed by atoms with Gasteiger partial charge in [0.15, 0.2) is 0 Å². The van der Waals surface area contributed by atoms with Gasteiger partial charge in [0.2, 0.25) is 0 Å². The van der Waals surface area contributed by atoms with E-state index in [1.54, 1.807) is 24.3 Å². The van der Waals surface area contributed by atoms with Crippen LogP contribution in [0.5, 0.6) is 0 Å². The maximum Gasteiger partial charge on any atom is 0.327 e. The Balaban J connectivity index is 2.53. The Kier molecular flexibility index (Phi) is 5.50. The highest BCUT2D eigenvalue weighted by Gasteiger charge is 2.03. The first-order valence-electron chi connectivity index (χ1n) is 5.24. The second kappa shape index (κ2) is 7.16. The lowest BCUT2D eigenvalue weighted by Crippen LogP contribution is -2.09. The minimum atomic E-state index is -0.394. The van der Waals surface area contributed by atoms with Crippen LogP contribution in [0.25, 0.3) is 0 Å². The highest BCUT2D eigenvalue weighted by molar-refractivity contribution is 6.18. The fourth-order valence-electron chi connectivity index (χ4n) is 1.10. The van der Waals surface area contributed by atoms with Gasteiger partial charge in [-0.1, -0.05) is 0 Å². The first-order valence-corrected chi connectivity index (χ1v) is 5.24. The Morgan fingerprint density at radius 3 is 1.50 bits per heavy atom. The molecule has 0 aromatic carbocycles. The van der Waals surface area contributed by atoms with E-state index in [9.17, 15) is 9.59 Å². The molecule has 0 atom stereocenters. The summed E-state index contributed by atoms with van der Waals surface area (Å²) in [5.74, 6) is -0.788. The van der Waals surface area contributed by atoms with E-state index in [2.05, 4.69) is 19.5 Å². The number of hydrogen-bond donors (Lipinski definition) is 0. The smallest absolute Gasteiger partial charge is 0.327 e. The maximum absolute atomic E-state index is 10.9. The van der Waals surface area contributed by atoms with Gasteiger partial charge in [-0.2, -0.15) is 0 Å². The summed E-state index contributed by atoms with van der Waals surface area (Å²) < 4.78 is 8.94. The van der Waals surface area contributed by atoms with Gasteiger partial charge in [0, 0.05) is 0 Å². The van der Waals surface area contributed by atoms with Gasteiger partial charge in [-0.05, 0) is 24.3 Å². The van der Waals surface area contributed by atoms with E-state index in [1.165, 1.54) is 14.2 Å². The molecular weight excluding hydrogens is 236 g/mol. The predicted octanol–water partition coefficient (Wildman–Crippen LogP) is 0.340. The van der Waals surface area contributed by atoms with E-state index in [4.69, 9.17) is 0 Å². The zero-order valence-corrected chi connectivity index (χ0v) is 10.3. The van der Waals surface area contributed by atoms with Crippen LogP contribution in [0.4, 0.5) is 0 Å². The second-order valence-corrected chi connectivity index (χ2v) is 3.30. The Hall–Kier alpha value is -2.24. The topological polar surface area (TPSA) is 77.3 Å². The predicted molar refractivity (Wildman–Crippen MR) is 66.9 cm³/mol. The number of aliphatic imine (C=N–C) groups is 2. The summed E-state index contributed by atoms with van der Waals surface area (Å²) in [5.41, 5.74) is 1.30. The van der Waals surface area contributed by atoms with Gasteiger partial charge in [-0.15, -0.1) is 0 Å². The van der Waals surface area contributed by atoms with Crippen LogP contribution in [0.1, 0.15) is 0 Å². The van der Waals surface area contributed by atoms with Crippen molar-refractivity contribution in [2.45, 2.75) is 0 Å². The van der Waals surface area contributed by atoms with Crippen LogP contribution in [0, 0.1) is 0 Å². The molecule has 6 nitrogen and oxygen atoms in total. The molecule has 0 amide bonds. The largest absolute Gasteiger partial charge is 0.468 e. The van der Waals surface area contributed by atoms with E-state index in [-0.39, 0.29) is 13.1 Å². The Morgan fingerprint density at radius 1 is 0.889 bits per heavy atom. The van der Waals surface area contributed by atoms with E-state index < -0.39 is 11.9 Å². The average Bonchev–Trinajstić information content (AvgIpc) is 2.43. The summed E-state index contributed by atoms with van der Waals surface area (Å²) in [5, 5.41) is 0. The third kappa shape index (κ3) is 4.73. The van der Waals surface area contributed by atoms with Crippen molar-refractivity contribution in [2.24, 2.45) is 9.98 Å². The lowest BCUT2D eigenvalue weighted by Gasteiger charge is -2.02. The normalized spacial score (nSPS) is 13.2. The maximum atomic E-state index is 10.9. The molecule has 1 rings (SSSR count). The molecule has 0 radical (unpaired) electrons. The van der Waals surface area contributed by atoms with E-state index >= 15 is 0 Å². The number of methoxy groups -OCH3 is 2. The standard InChI is InChI=1S/C12H14N2O4/c1-17-11(15)7-13-9-3-5-10(6-4-9)14-8-12(16)18-2/h3-6H,7-8H2,1-2H3. The van der Waals surface area contributed by atoms with E-state index in [1.807, 2.05) is 0 Å². The molecule has 0 aliphatic heterocycles. The van der Waals surface area contributed by atoms with Gasteiger partial charge < -0.3 is 9.47 Å². The van der Waals surface area contributed by atoms with Crippen molar-refractivity contribution >= 4 is 23.4 Å². The molecular formula is C12H14N2O4. The van der Waals surface area contributed by atoms with Crippen LogP contribution in [0.15, 0.2) is 34.3 Å². The van der Waals surface area contributed by atoms with Crippen molar-refractivity contribution in [1.29, 1.82) is 0 Å². The Labute approximate surface area is 105 Å². The van der Waals surface area contributed by atoms with E-state index in [0.29, 0.717) is 11.4 Å². The van der Waals surface area contributed by atoms with E-state index in [0.717, 1.165) is 0 Å². The minimum Gasteiger partial charge on any atom is -0.468 e. The third-order valence-electron chi connectivity index (χ3n) is 2.09. The number of esters is 2. The van der Waals surface area contributed by atoms with Crippen LogP contribution in [-0.4, -0.2) is 50.7 Å². The lowest BCUT2D eigenvalue weighted by atomic mass is 10.1. The molecule has 18 heavy (non-hydrogen) atoms. The lowest BCUT2D eigenvalue weighted by molar-refractivity contribution is -0.139. The van der Waals surface area contributed by atoms with Crippen molar-refractivity contribution in [3.05, 3.63) is 24.3 Å². The number of hydrogen-bond acceptors (Lipinski definition) is 6. The molecule has 0 fully saturated rings. The molecule has 6 heteroatoms. The highest BCUT2D eigenvalue weighted by atomic mass is 16.5. The first-order chi connectivity index (χ1) is 8.65. The van der Waals surface area contributed by atoms with Crippen molar-refractivity contribution in [3.8, 4) is 0 Å². The fourth-order valence-corrected chi connectivity index (χ4v) is 1.10. The first kappa shape index (κ1) is 13.8. The minimum absolute atomic E-state index is 0.0187. The SMILES string of the molecule is COC(=O)CN=C1C=CC(=NCC(=O)OC)C=C1. The van der Waals surface area contributed by atoms with Gasteiger partial charge in [-0.3, -0.25) is 19.6 Å². The van der Waals surface area contributed by atoms with Crippen LogP contribution in [-0.2, 0) is 19.1 Å². The molecule has 0 bridgehead atoms. The van der Waals surface area contributed by atoms with Crippen LogP contribution >= 0.6 is 0 Å². The van der Waals surface area contributed by atoms with Crippen LogP contribution < -0.4 is 0 Å². The summed E-state index contributed by atoms with van der Waals surface area (Å²) >= 11 is 0. The van der Waals surface area contributed by atoms with Gasteiger partial charge >= 0.3 is 11.9 Å². The van der Waals surface area contributed by atoms with Gasteiger partial charge in [0.25, 0.3) is 0 Å². The summed E-state index contributed by atoms with van der Waals surface area (Å²) in [6, 6.07) is 0. The number of nitrogens with zero attached hydrogens (tertiary/aromatic N) is 2. The summed E-state index contributed by atoms with van der Waals surface area (Å²) in [7, 11) is 2.62. The zero-order valence-electron chi connectivity index (χ0n) is 10.3. The van der Waals surface area contributed by atoms with Gasteiger partial charge in [0.05, 0.1) is 25.6 Å². The Bertz CT molecular complexity index is 389. The Morgan fingerprint density at radius 2 is 1.22 bits per heavy atom. The highest BCUT2D eigenvalue weighted by Crippen LogP contribution is 1.98. The molecule has 1 aliphatic rings. The monoisotopic (exact) mass is 250 g/mol. The average molecular weight is 250 g/mol. The molecule has 0 N–H and O–H groups in total. The molecule has 0 unspecified atom stereocenters. The summed E-state index contributed by atoms with van der Waals surface area (Å²) in [4.78, 5) is 29.8. The van der Waals surface area contributed by atoms with Crippen LogP contribution in [0.3, 0.4) is 0 Å². The molecule has 0 aromatic rings. The van der Waals surface area contributed by atoms with Gasteiger partial charge in [0.1, 0.15) is 13.1 Å². The number of ether oxygens (including phenoxy) is 2. The molecule has 1 aliphatic carbocycles. The number of carbonyl (C=O) groups excluding carboxylic acids is 2. The molecule has 0 heterocycles. The van der Waals surface area contributed by atoms with Crippen LogP contribution in [0.2, 0.25) is 0 Å². The van der Waals surface area contributed by atoms with Crippen molar-refractivity contribution in [2.75, 3.05) is 27.3 Å². The third-order valence-corrected chi connectivity index (χ3v) is 2.09. The molecule has 0 aromatic heterocycles. The molecule has 0 saturated heterocycles. The molecule has 96 valence electrons. The summed E-state index contributed by atoms with van der Waals surface area (Å²) in [6.45, 7) is -0.0374. The van der Waals surface area contributed by atoms with Crippen molar-refractivity contribution in [3.63, 3.8) is 0 Å². The van der Waals surface area contributed by atoms with Gasteiger partial charge in [-0.25, -0.2) is 0 Å².